The summed E-state index contributed by atoms with van der Waals surface area (Å²) in [6.07, 6.45) is 7.75. The molecule has 25 heavy (non-hydrogen) atoms. The molecule has 0 amide bonds. The second-order valence-corrected chi connectivity index (χ2v) is 10.1. The summed E-state index contributed by atoms with van der Waals surface area (Å²) in [5, 5.41) is 10.8. The highest BCUT2D eigenvalue weighted by molar-refractivity contribution is 7.65. The fourth-order valence-electron chi connectivity index (χ4n) is 3.55. The van der Waals surface area contributed by atoms with E-state index in [4.69, 9.17) is 0 Å². The number of rotatable bonds is 6. The molecule has 0 spiro atoms. The minimum Gasteiger partial charge on any atom is -0.386 e. The van der Waals surface area contributed by atoms with Gasteiger partial charge >= 0.3 is 0 Å². The Morgan fingerprint density at radius 2 is 1.32 bits per heavy atom. The Morgan fingerprint density at radius 1 is 0.840 bits per heavy atom. The van der Waals surface area contributed by atoms with Crippen molar-refractivity contribution in [3.8, 4) is 0 Å². The van der Waals surface area contributed by atoms with E-state index in [0.29, 0.717) is 12.3 Å². The van der Waals surface area contributed by atoms with Gasteiger partial charge < -0.3 is 9.67 Å². The van der Waals surface area contributed by atoms with Gasteiger partial charge in [0.15, 0.2) is 0 Å². The fourth-order valence-corrected chi connectivity index (χ4v) is 6.08. The average Bonchev–Trinajstić information content (AvgIpc) is 2.63. The Hall–Kier alpha value is -1.63. The van der Waals surface area contributed by atoms with Crippen LogP contribution in [-0.2, 0) is 16.9 Å². The monoisotopic (exact) mass is 354 g/mol. The summed E-state index contributed by atoms with van der Waals surface area (Å²) in [6.45, 7) is 0. The lowest BCUT2D eigenvalue weighted by atomic mass is 9.85. The molecule has 1 N–H and O–H groups in total. The predicted octanol–water partition coefficient (Wildman–Crippen LogP) is 5.96. The van der Waals surface area contributed by atoms with E-state index in [1.807, 2.05) is 72.6 Å². The molecule has 1 aliphatic rings. The van der Waals surface area contributed by atoms with Crippen LogP contribution < -0.4 is 0 Å². The standard InChI is InChI=1S/C22H27O2P/c23-22(14-8-3-9-15-22)16-17-25(24,18-20-10-4-1-5-11-20)19-21-12-6-2-7-13-21/h1-2,4-7,10-13,16-17,23H,3,8-9,14-15,18-19H2/b17-16+. The summed E-state index contributed by atoms with van der Waals surface area (Å²) >= 11 is 0. The van der Waals surface area contributed by atoms with Gasteiger partial charge in [-0.1, -0.05) is 79.9 Å². The summed E-state index contributed by atoms with van der Waals surface area (Å²) in [6, 6.07) is 20.0. The van der Waals surface area contributed by atoms with Crippen molar-refractivity contribution in [2.45, 2.75) is 50.0 Å². The van der Waals surface area contributed by atoms with Gasteiger partial charge in [0.2, 0.25) is 0 Å². The highest BCUT2D eigenvalue weighted by atomic mass is 31.2. The van der Waals surface area contributed by atoms with Gasteiger partial charge in [0.25, 0.3) is 0 Å². The summed E-state index contributed by atoms with van der Waals surface area (Å²) in [5.74, 6) is 1.85. The number of benzene rings is 2. The van der Waals surface area contributed by atoms with Crippen molar-refractivity contribution in [2.75, 3.05) is 0 Å². The van der Waals surface area contributed by atoms with Crippen LogP contribution in [0.4, 0.5) is 0 Å². The molecular formula is C22H27O2P. The maximum Gasteiger partial charge on any atom is 0.116 e. The van der Waals surface area contributed by atoms with Crippen molar-refractivity contribution in [1.82, 2.24) is 0 Å². The molecule has 1 aliphatic carbocycles. The molecule has 132 valence electrons. The van der Waals surface area contributed by atoms with Crippen molar-refractivity contribution in [1.29, 1.82) is 0 Å². The third-order valence-corrected chi connectivity index (χ3v) is 7.46. The molecule has 0 aromatic heterocycles. The number of aliphatic hydroxyl groups is 1. The van der Waals surface area contributed by atoms with Crippen LogP contribution in [0, 0.1) is 0 Å². The lowest BCUT2D eigenvalue weighted by Gasteiger charge is -2.29. The Kier molecular flexibility index (Phi) is 5.93. The largest absolute Gasteiger partial charge is 0.386 e. The topological polar surface area (TPSA) is 37.3 Å². The van der Waals surface area contributed by atoms with Crippen molar-refractivity contribution in [2.24, 2.45) is 0 Å². The second-order valence-electron chi connectivity index (χ2n) is 7.22. The van der Waals surface area contributed by atoms with Crippen LogP contribution in [0.25, 0.3) is 0 Å². The van der Waals surface area contributed by atoms with Gasteiger partial charge in [-0.3, -0.25) is 0 Å². The molecule has 0 saturated heterocycles. The molecule has 0 aliphatic heterocycles. The van der Waals surface area contributed by atoms with Crippen LogP contribution in [0.1, 0.15) is 43.2 Å². The molecule has 0 heterocycles. The van der Waals surface area contributed by atoms with Gasteiger partial charge in [0.1, 0.15) is 7.14 Å². The maximum atomic E-state index is 13.7. The Bertz CT molecular complexity index is 686. The van der Waals surface area contributed by atoms with Gasteiger partial charge in [-0.05, 0) is 35.9 Å². The van der Waals surface area contributed by atoms with Crippen LogP contribution >= 0.6 is 7.14 Å². The van der Waals surface area contributed by atoms with E-state index in [9.17, 15) is 9.67 Å². The Balaban J connectivity index is 1.84. The van der Waals surface area contributed by atoms with E-state index in [-0.39, 0.29) is 0 Å². The van der Waals surface area contributed by atoms with Crippen LogP contribution in [0.5, 0.6) is 0 Å². The first kappa shape index (κ1) is 18.2. The zero-order chi connectivity index (χ0) is 17.6. The molecule has 3 heteroatoms. The van der Waals surface area contributed by atoms with E-state index >= 15 is 0 Å². The first-order chi connectivity index (χ1) is 12.1. The van der Waals surface area contributed by atoms with E-state index in [1.165, 1.54) is 6.42 Å². The fraction of sp³-hybridized carbons (Fsp3) is 0.364. The third-order valence-electron chi connectivity index (χ3n) is 4.96. The quantitative estimate of drug-likeness (QED) is 0.650. The highest BCUT2D eigenvalue weighted by Gasteiger charge is 2.28. The number of hydrogen-bond acceptors (Lipinski definition) is 2. The van der Waals surface area contributed by atoms with Gasteiger partial charge in [-0.15, -0.1) is 0 Å². The number of hydrogen-bond donors (Lipinski definition) is 1. The molecule has 2 aromatic rings. The summed E-state index contributed by atoms with van der Waals surface area (Å²) in [4.78, 5) is 0. The molecule has 0 unspecified atom stereocenters. The van der Waals surface area contributed by atoms with Crippen LogP contribution in [0.15, 0.2) is 72.6 Å². The molecule has 2 aromatic carbocycles. The summed E-state index contributed by atoms with van der Waals surface area (Å²) in [7, 11) is -2.61. The Morgan fingerprint density at radius 3 is 1.80 bits per heavy atom. The normalized spacial score (nSPS) is 17.6. The van der Waals surface area contributed by atoms with E-state index in [2.05, 4.69) is 0 Å². The molecule has 0 radical (unpaired) electrons. The highest BCUT2D eigenvalue weighted by Crippen LogP contribution is 2.54. The molecule has 1 fully saturated rings. The van der Waals surface area contributed by atoms with Gasteiger partial charge in [-0.25, -0.2) is 0 Å². The van der Waals surface area contributed by atoms with Crippen molar-refractivity contribution < 1.29 is 9.67 Å². The van der Waals surface area contributed by atoms with Gasteiger partial charge in [0, 0.05) is 12.3 Å². The third kappa shape index (κ3) is 5.42. The van der Waals surface area contributed by atoms with E-state index < -0.39 is 12.7 Å². The zero-order valence-electron chi connectivity index (χ0n) is 14.7. The summed E-state index contributed by atoms with van der Waals surface area (Å²) in [5.41, 5.74) is 1.39. The SMILES string of the molecule is O=P(/C=C/C1(O)CCCCC1)(Cc1ccccc1)Cc1ccccc1. The second kappa shape index (κ2) is 8.17. The van der Waals surface area contributed by atoms with Gasteiger partial charge in [-0.2, -0.15) is 0 Å². The van der Waals surface area contributed by atoms with E-state index in [1.54, 1.807) is 0 Å². The first-order valence-electron chi connectivity index (χ1n) is 9.15. The lowest BCUT2D eigenvalue weighted by Crippen LogP contribution is -2.28. The summed E-state index contributed by atoms with van der Waals surface area (Å²) < 4.78 is 13.7. The minimum absolute atomic E-state index is 0.537. The van der Waals surface area contributed by atoms with Crippen molar-refractivity contribution in [3.05, 3.63) is 83.7 Å². The van der Waals surface area contributed by atoms with Crippen molar-refractivity contribution in [3.63, 3.8) is 0 Å². The first-order valence-corrected chi connectivity index (χ1v) is 11.3. The molecule has 2 nitrogen and oxygen atoms in total. The van der Waals surface area contributed by atoms with Crippen LogP contribution in [0.3, 0.4) is 0 Å². The Labute approximate surface area is 151 Å². The van der Waals surface area contributed by atoms with E-state index in [0.717, 1.165) is 36.8 Å². The molecule has 1 saturated carbocycles. The van der Waals surface area contributed by atoms with Gasteiger partial charge in [0.05, 0.1) is 5.60 Å². The molecule has 0 bridgehead atoms. The lowest BCUT2D eigenvalue weighted by molar-refractivity contribution is 0.0515. The maximum absolute atomic E-state index is 13.7. The van der Waals surface area contributed by atoms with Crippen LogP contribution in [0.2, 0.25) is 0 Å². The van der Waals surface area contributed by atoms with Crippen molar-refractivity contribution >= 4 is 7.14 Å². The predicted molar refractivity (Wildman–Crippen MR) is 105 cm³/mol. The molecular weight excluding hydrogens is 327 g/mol. The smallest absolute Gasteiger partial charge is 0.116 e. The average molecular weight is 354 g/mol. The minimum atomic E-state index is -2.61. The van der Waals surface area contributed by atoms with Crippen LogP contribution in [-0.4, -0.2) is 10.7 Å². The molecule has 0 atom stereocenters. The zero-order valence-corrected chi connectivity index (χ0v) is 15.6. The molecule has 3 rings (SSSR count).